The summed E-state index contributed by atoms with van der Waals surface area (Å²) in [6.45, 7) is 4.74. The number of aliphatic hydroxyl groups excluding tert-OH is 1. The van der Waals surface area contributed by atoms with Crippen LogP contribution in [0, 0.1) is 0 Å². The lowest BCUT2D eigenvalue weighted by atomic mass is 10.2. The molecule has 9 heteroatoms. The number of ether oxygens (including phenoxy) is 1. The van der Waals surface area contributed by atoms with E-state index in [-0.39, 0.29) is 18.1 Å². The van der Waals surface area contributed by atoms with Crippen LogP contribution in [0.5, 0.6) is 0 Å². The predicted molar refractivity (Wildman–Crippen MR) is 79.7 cm³/mol. The van der Waals surface area contributed by atoms with Crippen LogP contribution in [0.25, 0.3) is 0 Å². The Balaban J connectivity index is 2.40. The van der Waals surface area contributed by atoms with Crippen molar-refractivity contribution < 1.29 is 23.1 Å². The first-order valence-electron chi connectivity index (χ1n) is 6.66. The second-order valence-electron chi connectivity index (χ2n) is 5.56. The number of sulfonamides is 1. The maximum Gasteiger partial charge on any atom is 0.407 e. The summed E-state index contributed by atoms with van der Waals surface area (Å²) in [7, 11) is -3.79. The van der Waals surface area contributed by atoms with E-state index in [1.807, 2.05) is 0 Å². The van der Waals surface area contributed by atoms with Gasteiger partial charge < -0.3 is 15.2 Å². The van der Waals surface area contributed by atoms with E-state index in [2.05, 4.69) is 15.0 Å². The van der Waals surface area contributed by atoms with E-state index in [1.54, 1.807) is 32.9 Å². The van der Waals surface area contributed by atoms with Crippen LogP contribution >= 0.6 is 0 Å². The number of hydrogen-bond donors (Lipinski definition) is 3. The number of carbonyl (C=O) groups excluding carboxylic acids is 1. The molecule has 1 amide bonds. The van der Waals surface area contributed by atoms with E-state index < -0.39 is 27.8 Å². The molecule has 0 radical (unpaired) electrons. The summed E-state index contributed by atoms with van der Waals surface area (Å²) in [5.41, 5.74) is -0.643. The monoisotopic (exact) mass is 331 g/mol. The Bertz CT molecular complexity index is 583. The Morgan fingerprint density at radius 3 is 2.59 bits per heavy atom. The Morgan fingerprint density at radius 1 is 1.36 bits per heavy atom. The minimum absolute atomic E-state index is 0.137. The third-order valence-electron chi connectivity index (χ3n) is 2.30. The van der Waals surface area contributed by atoms with Gasteiger partial charge in [-0.1, -0.05) is 6.07 Å². The zero-order valence-electron chi connectivity index (χ0n) is 12.7. The van der Waals surface area contributed by atoms with Crippen LogP contribution in [0.15, 0.2) is 29.4 Å². The summed E-state index contributed by atoms with van der Waals surface area (Å²) in [6.07, 6.45) is -0.417. The van der Waals surface area contributed by atoms with Crippen LogP contribution in [0.1, 0.15) is 20.8 Å². The smallest absolute Gasteiger partial charge is 0.407 e. The van der Waals surface area contributed by atoms with Crippen molar-refractivity contribution in [1.82, 2.24) is 15.0 Å². The molecule has 8 nitrogen and oxygen atoms in total. The lowest BCUT2D eigenvalue weighted by Crippen LogP contribution is -2.41. The average Bonchev–Trinajstić information content (AvgIpc) is 2.42. The van der Waals surface area contributed by atoms with Gasteiger partial charge in [-0.25, -0.2) is 22.9 Å². The Kier molecular flexibility index (Phi) is 6.27. The van der Waals surface area contributed by atoms with Gasteiger partial charge in [0.25, 0.3) is 10.0 Å². The second-order valence-corrected chi connectivity index (χ2v) is 7.27. The number of rotatable bonds is 6. The summed E-state index contributed by atoms with van der Waals surface area (Å²) in [5.74, 6) is 0. The third kappa shape index (κ3) is 6.83. The molecule has 1 rings (SSSR count). The lowest BCUT2D eigenvalue weighted by molar-refractivity contribution is 0.0494. The Hall–Kier alpha value is -1.71. The zero-order chi connectivity index (χ0) is 16.8. The summed E-state index contributed by atoms with van der Waals surface area (Å²) >= 11 is 0. The van der Waals surface area contributed by atoms with Gasteiger partial charge in [-0.3, -0.25) is 0 Å². The fourth-order valence-electron chi connectivity index (χ4n) is 1.37. The van der Waals surface area contributed by atoms with Gasteiger partial charge >= 0.3 is 6.09 Å². The number of carbonyl (C=O) groups is 1. The van der Waals surface area contributed by atoms with E-state index in [1.165, 1.54) is 12.3 Å². The van der Waals surface area contributed by atoms with Gasteiger partial charge in [0.05, 0.1) is 6.10 Å². The molecule has 124 valence electrons. The van der Waals surface area contributed by atoms with Crippen LogP contribution in [0.2, 0.25) is 0 Å². The molecule has 0 bridgehead atoms. The molecule has 0 aromatic carbocycles. The summed E-state index contributed by atoms with van der Waals surface area (Å²) in [6, 6.07) is 4.48. The number of nitrogens with one attached hydrogen (secondary N) is 2. The summed E-state index contributed by atoms with van der Waals surface area (Å²) < 4.78 is 30.9. The molecule has 1 aromatic rings. The first-order valence-corrected chi connectivity index (χ1v) is 8.14. The molecule has 22 heavy (non-hydrogen) atoms. The van der Waals surface area contributed by atoms with Crippen molar-refractivity contribution in [3.05, 3.63) is 24.4 Å². The lowest BCUT2D eigenvalue weighted by Gasteiger charge is -2.20. The van der Waals surface area contributed by atoms with E-state index in [0.717, 1.165) is 0 Å². The summed E-state index contributed by atoms with van der Waals surface area (Å²) in [4.78, 5) is 15.1. The summed E-state index contributed by atoms with van der Waals surface area (Å²) in [5, 5.41) is 11.9. The fourth-order valence-corrected chi connectivity index (χ4v) is 2.39. The van der Waals surface area contributed by atoms with Gasteiger partial charge in [-0.15, -0.1) is 0 Å². The van der Waals surface area contributed by atoms with Crippen molar-refractivity contribution in [3.63, 3.8) is 0 Å². The molecule has 3 N–H and O–H groups in total. The third-order valence-corrected chi connectivity index (χ3v) is 3.64. The van der Waals surface area contributed by atoms with Gasteiger partial charge in [0, 0.05) is 19.3 Å². The molecule has 0 saturated carbocycles. The van der Waals surface area contributed by atoms with Gasteiger partial charge in [0.15, 0.2) is 5.03 Å². The molecule has 0 aliphatic heterocycles. The van der Waals surface area contributed by atoms with Gasteiger partial charge in [0.2, 0.25) is 0 Å². The molecule has 1 heterocycles. The molecule has 1 unspecified atom stereocenters. The molecule has 1 aromatic heterocycles. The van der Waals surface area contributed by atoms with Crippen LogP contribution < -0.4 is 10.0 Å². The fraction of sp³-hybridized carbons (Fsp3) is 0.538. The molecule has 1 atom stereocenters. The largest absolute Gasteiger partial charge is 0.444 e. The number of nitrogens with zero attached hydrogens (tertiary/aromatic N) is 1. The quantitative estimate of drug-likeness (QED) is 0.687. The van der Waals surface area contributed by atoms with Crippen LogP contribution in [0.4, 0.5) is 4.79 Å². The first-order chi connectivity index (χ1) is 10.1. The van der Waals surface area contributed by atoms with Gasteiger partial charge in [-0.05, 0) is 32.9 Å². The number of pyridine rings is 1. The van der Waals surface area contributed by atoms with Gasteiger partial charge in [0.1, 0.15) is 5.60 Å². The van der Waals surface area contributed by atoms with E-state index >= 15 is 0 Å². The molecule has 0 fully saturated rings. The van der Waals surface area contributed by atoms with Crippen molar-refractivity contribution in [3.8, 4) is 0 Å². The minimum atomic E-state index is -3.79. The van der Waals surface area contributed by atoms with Crippen molar-refractivity contribution in [2.75, 3.05) is 13.1 Å². The Labute approximate surface area is 130 Å². The molecule has 0 saturated heterocycles. The SMILES string of the molecule is CC(C)(C)OC(=O)NCC(O)CNS(=O)(=O)c1ccccn1. The van der Waals surface area contributed by atoms with Crippen molar-refractivity contribution >= 4 is 16.1 Å². The van der Waals surface area contributed by atoms with E-state index in [0.29, 0.717) is 0 Å². The molecule has 0 aliphatic carbocycles. The molecule has 0 aliphatic rings. The predicted octanol–water partition coefficient (Wildman–Crippen LogP) is 0.246. The minimum Gasteiger partial charge on any atom is -0.444 e. The van der Waals surface area contributed by atoms with Crippen molar-refractivity contribution in [1.29, 1.82) is 0 Å². The highest BCUT2D eigenvalue weighted by molar-refractivity contribution is 7.89. The number of aromatic nitrogens is 1. The topological polar surface area (TPSA) is 118 Å². The maximum absolute atomic E-state index is 11.9. The highest BCUT2D eigenvalue weighted by atomic mass is 32.2. The maximum atomic E-state index is 11.9. The van der Waals surface area contributed by atoms with Crippen LogP contribution in [0.3, 0.4) is 0 Å². The number of hydrogen-bond acceptors (Lipinski definition) is 6. The molecule has 0 spiro atoms. The van der Waals surface area contributed by atoms with Crippen LogP contribution in [-0.2, 0) is 14.8 Å². The van der Waals surface area contributed by atoms with Gasteiger partial charge in [-0.2, -0.15) is 0 Å². The molecular formula is C13H21N3O5S. The Morgan fingerprint density at radius 2 is 2.05 bits per heavy atom. The van der Waals surface area contributed by atoms with E-state index in [9.17, 15) is 18.3 Å². The highest BCUT2D eigenvalue weighted by Crippen LogP contribution is 2.06. The highest BCUT2D eigenvalue weighted by Gasteiger charge is 2.19. The van der Waals surface area contributed by atoms with Crippen molar-refractivity contribution in [2.24, 2.45) is 0 Å². The molecular weight excluding hydrogens is 310 g/mol. The number of aliphatic hydroxyl groups is 1. The second kappa shape index (κ2) is 7.52. The number of amides is 1. The number of alkyl carbamates (subject to hydrolysis) is 1. The van der Waals surface area contributed by atoms with Crippen LogP contribution in [-0.4, -0.2) is 49.4 Å². The average molecular weight is 331 g/mol. The normalized spacial score (nSPS) is 13.5. The van der Waals surface area contributed by atoms with E-state index in [4.69, 9.17) is 4.74 Å². The first kappa shape index (κ1) is 18.3. The standard InChI is InChI=1S/C13H21N3O5S/c1-13(2,3)21-12(18)15-8-10(17)9-16-22(19,20)11-6-4-5-7-14-11/h4-7,10,16-17H,8-9H2,1-3H3,(H,15,18). The zero-order valence-corrected chi connectivity index (χ0v) is 13.6. The van der Waals surface area contributed by atoms with Crippen molar-refractivity contribution in [2.45, 2.75) is 37.5 Å².